The molecule has 2 rings (SSSR count). The minimum atomic E-state index is 0.333. The fourth-order valence-corrected chi connectivity index (χ4v) is 2.91. The van der Waals surface area contributed by atoms with Crippen LogP contribution < -0.4 is 10.1 Å². The van der Waals surface area contributed by atoms with Gasteiger partial charge in [-0.15, -0.1) is 0 Å². The largest absolute Gasteiger partial charge is 0.490 e. The number of ether oxygens (including phenoxy) is 1. The van der Waals surface area contributed by atoms with Crippen molar-refractivity contribution in [2.75, 3.05) is 6.54 Å². The average molecular weight is 312 g/mol. The molecule has 0 bridgehead atoms. The minimum absolute atomic E-state index is 0.333. The van der Waals surface area contributed by atoms with Crippen LogP contribution in [0.1, 0.15) is 51.1 Å². The van der Waals surface area contributed by atoms with Crippen LogP contribution in [0.2, 0.25) is 0 Å². The topological polar surface area (TPSA) is 21.3 Å². The first-order valence-corrected chi connectivity index (χ1v) is 7.69. The Morgan fingerprint density at radius 1 is 1.39 bits per heavy atom. The van der Waals surface area contributed by atoms with Crippen LogP contribution >= 0.6 is 15.9 Å². The summed E-state index contributed by atoms with van der Waals surface area (Å²) in [6, 6.07) is 6.67. The molecule has 1 N–H and O–H groups in total. The van der Waals surface area contributed by atoms with E-state index in [1.165, 1.54) is 31.2 Å². The van der Waals surface area contributed by atoms with Crippen LogP contribution in [0.25, 0.3) is 0 Å². The van der Waals surface area contributed by atoms with Gasteiger partial charge in [-0.2, -0.15) is 0 Å². The highest BCUT2D eigenvalue weighted by Crippen LogP contribution is 2.32. The molecule has 3 heteroatoms. The number of nitrogens with one attached hydrogen (secondary N) is 1. The van der Waals surface area contributed by atoms with Gasteiger partial charge in [-0.3, -0.25) is 0 Å². The van der Waals surface area contributed by atoms with Gasteiger partial charge < -0.3 is 10.1 Å². The van der Waals surface area contributed by atoms with Crippen LogP contribution in [-0.2, 0) is 0 Å². The van der Waals surface area contributed by atoms with Gasteiger partial charge in [0.2, 0.25) is 0 Å². The molecule has 0 spiro atoms. The van der Waals surface area contributed by atoms with Gasteiger partial charge >= 0.3 is 0 Å². The second kappa shape index (κ2) is 6.58. The number of rotatable bonds is 5. The van der Waals surface area contributed by atoms with Gasteiger partial charge in [0.1, 0.15) is 5.75 Å². The molecule has 2 nitrogen and oxygen atoms in total. The minimum Gasteiger partial charge on any atom is -0.490 e. The molecule has 18 heavy (non-hydrogen) atoms. The van der Waals surface area contributed by atoms with Crippen molar-refractivity contribution in [3.05, 3.63) is 28.2 Å². The van der Waals surface area contributed by atoms with E-state index in [2.05, 4.69) is 53.3 Å². The summed E-state index contributed by atoms with van der Waals surface area (Å²) in [5.41, 5.74) is 1.26. The summed E-state index contributed by atoms with van der Waals surface area (Å²) in [7, 11) is 0. The van der Waals surface area contributed by atoms with E-state index in [-0.39, 0.29) is 0 Å². The molecule has 1 aliphatic rings. The zero-order chi connectivity index (χ0) is 13.0. The van der Waals surface area contributed by atoms with Crippen molar-refractivity contribution < 1.29 is 4.74 Å². The van der Waals surface area contributed by atoms with E-state index >= 15 is 0 Å². The normalized spacial score (nSPS) is 17.9. The number of halogens is 1. The van der Waals surface area contributed by atoms with Crippen LogP contribution in [0.15, 0.2) is 22.7 Å². The Labute approximate surface area is 118 Å². The standard InChI is InChI=1S/C15H22BrNO/c1-3-17-11(2)14-9-8-12(16)10-15(14)18-13-6-4-5-7-13/h8-11,13,17H,3-7H2,1-2H3. The van der Waals surface area contributed by atoms with E-state index in [1.807, 2.05) is 0 Å². The first kappa shape index (κ1) is 13.9. The molecule has 0 saturated heterocycles. The molecule has 1 aromatic carbocycles. The van der Waals surface area contributed by atoms with Crippen molar-refractivity contribution >= 4 is 15.9 Å². The summed E-state index contributed by atoms with van der Waals surface area (Å²) >= 11 is 3.53. The molecule has 100 valence electrons. The first-order chi connectivity index (χ1) is 8.70. The Hall–Kier alpha value is -0.540. The zero-order valence-electron chi connectivity index (χ0n) is 11.2. The fourth-order valence-electron chi connectivity index (χ4n) is 2.57. The van der Waals surface area contributed by atoms with Gasteiger partial charge in [0.25, 0.3) is 0 Å². The lowest BCUT2D eigenvalue weighted by molar-refractivity contribution is 0.206. The molecule has 0 aliphatic heterocycles. The quantitative estimate of drug-likeness (QED) is 0.868. The third-order valence-electron chi connectivity index (χ3n) is 3.55. The van der Waals surface area contributed by atoms with E-state index in [4.69, 9.17) is 4.74 Å². The molecule has 1 fully saturated rings. The van der Waals surface area contributed by atoms with Crippen molar-refractivity contribution in [2.45, 2.75) is 51.7 Å². The predicted molar refractivity (Wildman–Crippen MR) is 79.1 cm³/mol. The maximum Gasteiger partial charge on any atom is 0.125 e. The molecule has 0 aromatic heterocycles. The molecule has 1 aliphatic carbocycles. The highest BCUT2D eigenvalue weighted by atomic mass is 79.9. The van der Waals surface area contributed by atoms with Gasteiger partial charge in [0.05, 0.1) is 6.10 Å². The molecule has 0 heterocycles. The SMILES string of the molecule is CCNC(C)c1ccc(Br)cc1OC1CCCC1. The van der Waals surface area contributed by atoms with Gasteiger partial charge in [-0.25, -0.2) is 0 Å². The maximum atomic E-state index is 6.18. The van der Waals surface area contributed by atoms with Gasteiger partial charge in [-0.05, 0) is 51.3 Å². The Morgan fingerprint density at radius 3 is 2.78 bits per heavy atom. The molecule has 1 saturated carbocycles. The van der Waals surface area contributed by atoms with Crippen molar-refractivity contribution in [1.29, 1.82) is 0 Å². The summed E-state index contributed by atoms with van der Waals surface area (Å²) in [5.74, 6) is 1.03. The van der Waals surface area contributed by atoms with Gasteiger partial charge in [0.15, 0.2) is 0 Å². The van der Waals surface area contributed by atoms with Crippen LogP contribution in [0.5, 0.6) is 5.75 Å². The Balaban J connectivity index is 2.16. The summed E-state index contributed by atoms with van der Waals surface area (Å²) in [5, 5.41) is 3.45. The molecular weight excluding hydrogens is 290 g/mol. The van der Waals surface area contributed by atoms with Crippen molar-refractivity contribution in [3.8, 4) is 5.75 Å². The van der Waals surface area contributed by atoms with Crippen LogP contribution in [-0.4, -0.2) is 12.6 Å². The van der Waals surface area contributed by atoms with Gasteiger partial charge in [0, 0.05) is 16.1 Å². The third-order valence-corrected chi connectivity index (χ3v) is 4.04. The zero-order valence-corrected chi connectivity index (χ0v) is 12.8. The highest BCUT2D eigenvalue weighted by Gasteiger charge is 2.19. The molecule has 1 unspecified atom stereocenters. The number of hydrogen-bond donors (Lipinski definition) is 1. The Kier molecular flexibility index (Phi) is 5.07. The summed E-state index contributed by atoms with van der Waals surface area (Å²) in [6.45, 7) is 5.29. The second-order valence-corrected chi connectivity index (χ2v) is 5.90. The molecule has 1 aromatic rings. The fraction of sp³-hybridized carbons (Fsp3) is 0.600. The van der Waals surface area contributed by atoms with Crippen LogP contribution in [0.3, 0.4) is 0 Å². The smallest absolute Gasteiger partial charge is 0.125 e. The van der Waals surface area contributed by atoms with E-state index < -0.39 is 0 Å². The summed E-state index contributed by atoms with van der Waals surface area (Å²) in [4.78, 5) is 0. The summed E-state index contributed by atoms with van der Waals surface area (Å²) in [6.07, 6.45) is 5.41. The first-order valence-electron chi connectivity index (χ1n) is 6.90. The Bertz CT molecular complexity index is 388. The molecular formula is C15H22BrNO. The van der Waals surface area contributed by atoms with Gasteiger partial charge in [-0.1, -0.05) is 28.9 Å². The molecule has 0 amide bonds. The Morgan fingerprint density at radius 2 is 2.11 bits per heavy atom. The lowest BCUT2D eigenvalue weighted by Gasteiger charge is -2.21. The van der Waals surface area contributed by atoms with E-state index in [0.717, 1.165) is 16.8 Å². The predicted octanol–water partition coefficient (Wildman–Crippen LogP) is 4.44. The van der Waals surface area contributed by atoms with E-state index in [9.17, 15) is 0 Å². The number of hydrogen-bond acceptors (Lipinski definition) is 2. The monoisotopic (exact) mass is 311 g/mol. The van der Waals surface area contributed by atoms with Crippen molar-refractivity contribution in [1.82, 2.24) is 5.32 Å². The lowest BCUT2D eigenvalue weighted by Crippen LogP contribution is -2.20. The third kappa shape index (κ3) is 3.48. The van der Waals surface area contributed by atoms with E-state index in [0.29, 0.717) is 12.1 Å². The molecule has 0 radical (unpaired) electrons. The second-order valence-electron chi connectivity index (χ2n) is 4.99. The van der Waals surface area contributed by atoms with Crippen molar-refractivity contribution in [2.24, 2.45) is 0 Å². The van der Waals surface area contributed by atoms with E-state index in [1.54, 1.807) is 0 Å². The average Bonchev–Trinajstić information content (AvgIpc) is 2.82. The highest BCUT2D eigenvalue weighted by molar-refractivity contribution is 9.10. The van der Waals surface area contributed by atoms with Crippen molar-refractivity contribution in [3.63, 3.8) is 0 Å². The lowest BCUT2D eigenvalue weighted by atomic mass is 10.1. The maximum absolute atomic E-state index is 6.18. The summed E-state index contributed by atoms with van der Waals surface area (Å²) < 4.78 is 7.27. The number of benzene rings is 1. The molecule has 1 atom stereocenters. The van der Waals surface area contributed by atoms with Crippen LogP contribution in [0.4, 0.5) is 0 Å². The van der Waals surface area contributed by atoms with Crippen LogP contribution in [0, 0.1) is 0 Å².